The average Bonchev–Trinajstić information content (AvgIpc) is 3.33. The lowest BCUT2D eigenvalue weighted by Gasteiger charge is -2.29. The van der Waals surface area contributed by atoms with E-state index >= 15 is 0 Å². The van der Waals surface area contributed by atoms with E-state index in [0.29, 0.717) is 47.0 Å². The number of anilines is 3. The molecule has 2 aromatic carbocycles. The number of carbonyl (C=O) groups is 1. The van der Waals surface area contributed by atoms with Crippen LogP contribution >= 0.6 is 11.6 Å². The van der Waals surface area contributed by atoms with Crippen molar-refractivity contribution in [2.45, 2.75) is 12.8 Å². The van der Waals surface area contributed by atoms with Crippen LogP contribution in [0.1, 0.15) is 12.8 Å². The zero-order chi connectivity index (χ0) is 22.8. The molecule has 0 unspecified atom stereocenters. The molecular formula is C24H23ClFN5O2. The molecule has 2 aliphatic rings. The summed E-state index contributed by atoms with van der Waals surface area (Å²) in [5.74, 6) is 0.542. The van der Waals surface area contributed by atoms with Crippen LogP contribution in [0.2, 0.25) is 5.02 Å². The van der Waals surface area contributed by atoms with Gasteiger partial charge in [0.15, 0.2) is 0 Å². The fourth-order valence-corrected chi connectivity index (χ4v) is 4.34. The van der Waals surface area contributed by atoms with Crippen LogP contribution in [0.3, 0.4) is 0 Å². The molecule has 7 nitrogen and oxygen atoms in total. The number of rotatable bonds is 5. The lowest BCUT2D eigenvalue weighted by molar-refractivity contribution is -0.114. The van der Waals surface area contributed by atoms with Gasteiger partial charge in [0.2, 0.25) is 0 Å². The quantitative estimate of drug-likeness (QED) is 0.555. The molecule has 5 rings (SSSR count). The number of ether oxygens (including phenoxy) is 1. The molecule has 0 spiro atoms. The number of likely N-dealkylation sites (tertiary alicyclic amines) is 1. The maximum atomic E-state index is 13.5. The Kier molecular flexibility index (Phi) is 6.11. The third-order valence-corrected chi connectivity index (χ3v) is 6.14. The van der Waals surface area contributed by atoms with Gasteiger partial charge in [0.25, 0.3) is 5.91 Å². The second-order valence-electron chi connectivity index (χ2n) is 8.06. The van der Waals surface area contributed by atoms with Crippen molar-refractivity contribution >= 4 is 45.6 Å². The number of hydrogen-bond acceptors (Lipinski definition) is 6. The third kappa shape index (κ3) is 4.62. The van der Waals surface area contributed by atoms with Crippen LogP contribution in [0.5, 0.6) is 5.75 Å². The van der Waals surface area contributed by atoms with Gasteiger partial charge in [-0.3, -0.25) is 9.69 Å². The molecule has 3 aromatic rings. The summed E-state index contributed by atoms with van der Waals surface area (Å²) in [6, 6.07) is 8.02. The van der Waals surface area contributed by atoms with E-state index in [1.165, 1.54) is 31.3 Å². The predicted octanol–water partition coefficient (Wildman–Crippen LogP) is 4.54. The molecule has 0 bridgehead atoms. The third-order valence-electron chi connectivity index (χ3n) is 5.85. The Morgan fingerprint density at radius 2 is 2.03 bits per heavy atom. The number of nitrogens with one attached hydrogen (secondary N) is 1. The summed E-state index contributed by atoms with van der Waals surface area (Å²) in [6.07, 6.45) is 7.44. The molecular weight excluding hydrogens is 445 g/mol. The van der Waals surface area contributed by atoms with E-state index in [1.807, 2.05) is 18.2 Å². The van der Waals surface area contributed by atoms with E-state index in [1.54, 1.807) is 17.0 Å². The molecule has 0 saturated carbocycles. The Morgan fingerprint density at radius 3 is 2.85 bits per heavy atom. The van der Waals surface area contributed by atoms with Gasteiger partial charge in [-0.05, 0) is 50.2 Å². The van der Waals surface area contributed by atoms with Crippen LogP contribution in [0.25, 0.3) is 10.9 Å². The Balaban J connectivity index is 1.44. The SMILES string of the molecule is O=C(/C=C/CN1CCCC1)N1CCOc2cc3ncnc(Nc4ccc(F)c(Cl)c4)c3cc21. The summed E-state index contributed by atoms with van der Waals surface area (Å²) in [4.78, 5) is 25.7. The van der Waals surface area contributed by atoms with E-state index < -0.39 is 5.82 Å². The average molecular weight is 468 g/mol. The van der Waals surface area contributed by atoms with Gasteiger partial charge in [0.05, 0.1) is 22.8 Å². The van der Waals surface area contributed by atoms with Crippen molar-refractivity contribution in [3.63, 3.8) is 0 Å². The first-order valence-corrected chi connectivity index (χ1v) is 11.3. The minimum atomic E-state index is -0.493. The van der Waals surface area contributed by atoms with Crippen LogP contribution in [-0.2, 0) is 4.79 Å². The van der Waals surface area contributed by atoms with Crippen molar-refractivity contribution in [1.29, 1.82) is 0 Å². The molecule has 33 heavy (non-hydrogen) atoms. The highest BCUT2D eigenvalue weighted by molar-refractivity contribution is 6.31. The number of nitrogens with zero attached hydrogens (tertiary/aromatic N) is 4. The number of hydrogen-bond donors (Lipinski definition) is 1. The lowest BCUT2D eigenvalue weighted by atomic mass is 10.1. The maximum absolute atomic E-state index is 13.5. The summed E-state index contributed by atoms with van der Waals surface area (Å²) in [6.45, 7) is 3.81. The van der Waals surface area contributed by atoms with E-state index in [-0.39, 0.29) is 10.9 Å². The van der Waals surface area contributed by atoms with Gasteiger partial charge in [-0.1, -0.05) is 17.7 Å². The molecule has 1 amide bonds. The number of amides is 1. The molecule has 3 heterocycles. The van der Waals surface area contributed by atoms with Gasteiger partial charge in [-0.15, -0.1) is 0 Å². The van der Waals surface area contributed by atoms with Crippen molar-refractivity contribution in [3.05, 3.63) is 59.7 Å². The van der Waals surface area contributed by atoms with E-state index in [9.17, 15) is 9.18 Å². The Hall–Kier alpha value is -3.23. The standard InChI is InChI=1S/C24H23ClFN5O2/c25-18-12-16(5-6-19(18)26)29-24-17-13-21-22(14-20(17)27-15-28-24)33-11-10-31(21)23(32)4-3-9-30-7-1-2-8-30/h3-6,12-15H,1-2,7-11H2,(H,27,28,29)/b4-3+. The summed E-state index contributed by atoms with van der Waals surface area (Å²) >= 11 is 5.91. The smallest absolute Gasteiger partial charge is 0.250 e. The molecule has 1 saturated heterocycles. The lowest BCUT2D eigenvalue weighted by Crippen LogP contribution is -2.37. The molecule has 1 N–H and O–H groups in total. The highest BCUT2D eigenvalue weighted by Gasteiger charge is 2.24. The minimum absolute atomic E-state index is 0.0154. The van der Waals surface area contributed by atoms with Crippen molar-refractivity contribution in [2.24, 2.45) is 0 Å². The highest BCUT2D eigenvalue weighted by Crippen LogP contribution is 2.37. The van der Waals surface area contributed by atoms with Gasteiger partial charge in [-0.2, -0.15) is 0 Å². The molecule has 9 heteroatoms. The number of benzene rings is 2. The Bertz CT molecular complexity index is 1230. The van der Waals surface area contributed by atoms with Crippen molar-refractivity contribution in [3.8, 4) is 5.75 Å². The fourth-order valence-electron chi connectivity index (χ4n) is 4.16. The topological polar surface area (TPSA) is 70.6 Å². The van der Waals surface area contributed by atoms with Crippen molar-refractivity contribution < 1.29 is 13.9 Å². The molecule has 0 atom stereocenters. The van der Waals surface area contributed by atoms with E-state index in [0.717, 1.165) is 19.6 Å². The second-order valence-corrected chi connectivity index (χ2v) is 8.47. The van der Waals surface area contributed by atoms with Gasteiger partial charge in [0.1, 0.15) is 30.3 Å². The van der Waals surface area contributed by atoms with Crippen LogP contribution in [-0.4, -0.2) is 53.6 Å². The molecule has 2 aliphatic heterocycles. The van der Waals surface area contributed by atoms with E-state index in [2.05, 4.69) is 20.2 Å². The van der Waals surface area contributed by atoms with Gasteiger partial charge in [0, 0.05) is 29.8 Å². The summed E-state index contributed by atoms with van der Waals surface area (Å²) < 4.78 is 19.3. The van der Waals surface area contributed by atoms with Crippen LogP contribution in [0.15, 0.2) is 48.8 Å². The first-order chi connectivity index (χ1) is 16.1. The molecule has 170 valence electrons. The first-order valence-electron chi connectivity index (χ1n) is 10.9. The predicted molar refractivity (Wildman–Crippen MR) is 127 cm³/mol. The molecule has 0 aliphatic carbocycles. The normalized spacial score (nSPS) is 16.2. The Labute approximate surface area is 195 Å². The van der Waals surface area contributed by atoms with Crippen LogP contribution in [0, 0.1) is 5.82 Å². The minimum Gasteiger partial charge on any atom is -0.489 e. The van der Waals surface area contributed by atoms with Crippen molar-refractivity contribution in [2.75, 3.05) is 43.0 Å². The monoisotopic (exact) mass is 467 g/mol. The number of fused-ring (bicyclic) bond motifs is 2. The molecule has 1 aromatic heterocycles. The van der Waals surface area contributed by atoms with Crippen LogP contribution in [0.4, 0.5) is 21.6 Å². The molecule has 1 fully saturated rings. The maximum Gasteiger partial charge on any atom is 0.250 e. The number of carbonyl (C=O) groups excluding carboxylic acids is 1. The number of halogens is 2. The first kappa shape index (κ1) is 21.6. The molecule has 0 radical (unpaired) electrons. The summed E-state index contributed by atoms with van der Waals surface area (Å²) in [7, 11) is 0. The zero-order valence-corrected chi connectivity index (χ0v) is 18.7. The van der Waals surface area contributed by atoms with Gasteiger partial charge < -0.3 is 15.0 Å². The largest absolute Gasteiger partial charge is 0.489 e. The van der Waals surface area contributed by atoms with Gasteiger partial charge >= 0.3 is 0 Å². The summed E-state index contributed by atoms with van der Waals surface area (Å²) in [5, 5.41) is 3.89. The van der Waals surface area contributed by atoms with E-state index in [4.69, 9.17) is 16.3 Å². The number of aromatic nitrogens is 2. The highest BCUT2D eigenvalue weighted by atomic mass is 35.5. The van der Waals surface area contributed by atoms with Gasteiger partial charge in [-0.25, -0.2) is 14.4 Å². The van der Waals surface area contributed by atoms with Crippen molar-refractivity contribution in [1.82, 2.24) is 14.9 Å². The second kappa shape index (κ2) is 9.33. The Morgan fingerprint density at radius 1 is 1.18 bits per heavy atom. The summed E-state index contributed by atoms with van der Waals surface area (Å²) in [5.41, 5.74) is 1.92. The van der Waals surface area contributed by atoms with Crippen LogP contribution < -0.4 is 15.0 Å². The zero-order valence-electron chi connectivity index (χ0n) is 17.9. The fraction of sp³-hybridized carbons (Fsp3) is 0.292.